The summed E-state index contributed by atoms with van der Waals surface area (Å²) in [5.41, 5.74) is 108. The van der Waals surface area contributed by atoms with Crippen LogP contribution in [0.4, 0.5) is 16.2 Å². The van der Waals surface area contributed by atoms with Crippen LogP contribution >= 0.6 is 0 Å². The first kappa shape index (κ1) is 63.3. The molecule has 1 aliphatic rings. The summed E-state index contributed by atoms with van der Waals surface area (Å²) in [4.78, 5) is 19.1. The molecule has 0 spiro atoms. The predicted octanol–water partition coefficient (Wildman–Crippen LogP) is 12.9. The van der Waals surface area contributed by atoms with Crippen molar-refractivity contribution in [3.8, 4) is 5.75 Å². The van der Waals surface area contributed by atoms with Crippen LogP contribution in [0.1, 0.15) is 49.8 Å². The van der Waals surface area contributed by atoms with Gasteiger partial charge in [-0.05, 0) is 161 Å². The van der Waals surface area contributed by atoms with Crippen LogP contribution in [-0.2, 0) is 24.8 Å². The zero-order valence-electron chi connectivity index (χ0n) is 44.9. The van der Waals surface area contributed by atoms with Gasteiger partial charge in [-0.15, -0.1) is 0 Å². The van der Waals surface area contributed by atoms with Crippen molar-refractivity contribution in [3.63, 3.8) is 0 Å². The third kappa shape index (κ3) is 35.2. The van der Waals surface area contributed by atoms with Gasteiger partial charge in [-0.1, -0.05) is 54.6 Å². The van der Waals surface area contributed by atoms with Crippen molar-refractivity contribution in [1.29, 1.82) is 0 Å². The fraction of sp³-hybridized carbons (Fsp3) is 0.189. The molecule has 0 saturated heterocycles. The molecule has 2 N–H and O–H groups in total. The third-order valence-corrected chi connectivity index (χ3v) is 9.25. The Hall–Kier alpha value is -13.0. The van der Waals surface area contributed by atoms with E-state index in [9.17, 15) is 4.79 Å². The molecule has 0 unspecified atom stereocenters. The highest BCUT2D eigenvalue weighted by Gasteiger charge is 2.20. The summed E-state index contributed by atoms with van der Waals surface area (Å²) >= 11 is 0. The average molecular weight is 1050 g/mol. The second-order valence-corrected chi connectivity index (χ2v) is 15.2. The molecular weight excluding hydrogens is 1010 g/mol. The highest BCUT2D eigenvalue weighted by atomic mass is 16.5. The van der Waals surface area contributed by atoms with Gasteiger partial charge in [0.25, 0.3) is 0 Å². The molecule has 0 bridgehead atoms. The van der Waals surface area contributed by atoms with Gasteiger partial charge in [0.1, 0.15) is 12.4 Å². The van der Waals surface area contributed by atoms with E-state index in [1.54, 1.807) is 0 Å². The fourth-order valence-electron chi connectivity index (χ4n) is 5.87. The van der Waals surface area contributed by atoms with Crippen LogP contribution in [0, 0.1) is 0 Å². The fourth-order valence-corrected chi connectivity index (χ4v) is 5.87. The number of aromatic nitrogens is 2. The van der Waals surface area contributed by atoms with E-state index in [0.29, 0.717) is 19.7 Å². The van der Waals surface area contributed by atoms with Crippen LogP contribution in [0.15, 0.2) is 315 Å². The van der Waals surface area contributed by atoms with E-state index in [-0.39, 0.29) is 6.03 Å². The van der Waals surface area contributed by atoms with E-state index >= 15 is 0 Å². The average Bonchev–Trinajstić information content (AvgIpc) is 4.06. The van der Waals surface area contributed by atoms with Gasteiger partial charge < -0.3 is 29.6 Å². The van der Waals surface area contributed by atoms with E-state index < -0.39 is 0 Å². The van der Waals surface area contributed by atoms with Gasteiger partial charge in [0.15, 0.2) is 0 Å². The van der Waals surface area contributed by atoms with Crippen molar-refractivity contribution in [1.82, 2.24) is 14.9 Å². The number of carbonyl (C=O) groups is 1. The van der Waals surface area contributed by atoms with Gasteiger partial charge in [-0.25, -0.2) is 9.78 Å². The molecule has 2 amide bonds. The number of hydrogen-bond donors (Lipinski definition) is 2. The number of fused-ring (bicyclic) bond motifs is 1. The Morgan fingerprint density at radius 3 is 1.37 bits per heavy atom. The minimum atomic E-state index is -0.184. The summed E-state index contributed by atoms with van der Waals surface area (Å²) in [6.45, 7) is 11.0. The Labute approximate surface area is 477 Å². The Morgan fingerprint density at radius 2 is 0.951 bits per heavy atom. The maximum absolute atomic E-state index is 12.4. The van der Waals surface area contributed by atoms with Crippen LogP contribution in [-0.4, -0.2) is 48.5 Å². The summed E-state index contributed by atoms with van der Waals surface area (Å²) in [5.74, 6) is 0.828. The SMILES string of the molecule is C=C=C=C=C=C=C=C=C=C=C=C=C=C=C=C=C=C=C=C=C=C=C=C=C=C=C=C=C=C=C=C=C=C=C=C=C=C=C=C=C=C=C=C.Cn1cnc(CN2CCOc3ccc(NC(=O)NCCCCCCOCCCCc4ccccc4)cc32)c1. The first-order valence-corrected chi connectivity index (χ1v) is 24.8. The van der Waals surface area contributed by atoms with E-state index in [0.717, 1.165) is 81.1 Å². The molecule has 0 aliphatic carbocycles. The molecule has 3 aromatic rings. The van der Waals surface area contributed by atoms with E-state index in [4.69, 9.17) is 9.47 Å². The molecule has 8 nitrogen and oxygen atoms in total. The Morgan fingerprint density at radius 1 is 0.537 bits per heavy atom. The van der Waals surface area contributed by atoms with Crippen molar-refractivity contribution in [2.75, 3.05) is 43.1 Å². The molecule has 0 saturated carbocycles. The summed E-state index contributed by atoms with van der Waals surface area (Å²) in [5, 5.41) is 5.92. The lowest BCUT2D eigenvalue weighted by atomic mass is 10.1. The number of amides is 2. The lowest BCUT2D eigenvalue weighted by molar-refractivity contribution is 0.126. The number of anilines is 2. The Kier molecular flexibility index (Phi) is 35.9. The number of aryl methyl sites for hydroxylation is 2. The molecule has 4 rings (SSSR count). The normalized spacial score (nSPS) is 7.94. The first-order chi connectivity index (χ1) is 40.6. The summed E-state index contributed by atoms with van der Waals surface area (Å²) in [6, 6.07) is 16.2. The highest BCUT2D eigenvalue weighted by molar-refractivity contribution is 5.90. The number of benzene rings is 2. The number of urea groups is 1. The summed E-state index contributed by atoms with van der Waals surface area (Å²) in [6.07, 6.45) is 11.4. The number of carbonyl (C=O) groups excluding carboxylic acids is 1. The quantitative estimate of drug-likeness (QED) is 0.117. The van der Waals surface area contributed by atoms with Crippen molar-refractivity contribution in [3.05, 3.63) is 326 Å². The molecule has 384 valence electrons. The molecule has 2 heterocycles. The number of nitrogens with zero attached hydrogens (tertiary/aromatic N) is 3. The Balaban J connectivity index is 0.000000433. The lowest BCUT2D eigenvalue weighted by Gasteiger charge is -2.31. The van der Waals surface area contributed by atoms with Crippen molar-refractivity contribution < 1.29 is 14.3 Å². The number of unbranched alkanes of at least 4 members (excludes halogenated alkanes) is 4. The molecule has 1 aliphatic heterocycles. The molecule has 0 atom stereocenters. The number of hydrogen-bond acceptors (Lipinski definition) is 5. The highest BCUT2D eigenvalue weighted by Crippen LogP contribution is 2.35. The van der Waals surface area contributed by atoms with Crippen LogP contribution < -0.4 is 20.3 Å². The van der Waals surface area contributed by atoms with Crippen molar-refractivity contribution >= 4 is 17.4 Å². The lowest BCUT2D eigenvalue weighted by Crippen LogP contribution is -2.33. The number of ether oxygens (including phenoxy) is 2. The monoisotopic (exact) mass is 1050 g/mol. The largest absolute Gasteiger partial charge is 0.490 e. The van der Waals surface area contributed by atoms with Crippen LogP contribution in [0.2, 0.25) is 0 Å². The summed E-state index contributed by atoms with van der Waals surface area (Å²) < 4.78 is 13.5. The van der Waals surface area contributed by atoms with Crippen LogP contribution in [0.5, 0.6) is 5.75 Å². The maximum atomic E-state index is 12.4. The van der Waals surface area contributed by atoms with Crippen molar-refractivity contribution in [2.45, 2.75) is 51.5 Å². The van der Waals surface area contributed by atoms with E-state index in [2.05, 4.69) is 305 Å². The first-order valence-electron chi connectivity index (χ1n) is 24.8. The second-order valence-electron chi connectivity index (χ2n) is 15.2. The zero-order chi connectivity index (χ0) is 58.1. The number of rotatable bonds is 15. The zero-order valence-corrected chi connectivity index (χ0v) is 44.9. The smallest absolute Gasteiger partial charge is 0.319 e. The minimum absolute atomic E-state index is 0.184. The van der Waals surface area contributed by atoms with Gasteiger partial charge in [-0.2, -0.15) is 0 Å². The number of imidazole rings is 1. The molecule has 0 fully saturated rings. The van der Waals surface area contributed by atoms with E-state index in [1.807, 2.05) is 42.3 Å². The standard InChI is InChI=1S/C44H4.C30H41N5O3/c1-3-5-7-9-11-13-15-17-19-21-23-25-27-29-31-33-35-37-39-41-43-44-42-40-38-36-34-32-30-28-26-24-22-20-18-16-14-12-10-8-6-4-2;1-34-22-27(32-24-34)23-35-17-20-38-29-15-14-26(21-28(29)35)33-30(36)31-16-8-2-3-9-18-37-19-10-7-13-25-11-5-4-6-12-25/h1-2H2;4-6,11-12,14-15,21-22,24H,2-3,7-10,13,16-20,23H2,1H3,(H2,31,33,36). The summed E-state index contributed by atoms with van der Waals surface area (Å²) in [7, 11) is 1.97. The van der Waals surface area contributed by atoms with Gasteiger partial charge in [-0.3, -0.25) is 0 Å². The second kappa shape index (κ2) is 46.5. The molecule has 2 aromatic carbocycles. The molecule has 8 heteroatoms. The van der Waals surface area contributed by atoms with Gasteiger partial charge in [0.05, 0.1) is 30.8 Å². The van der Waals surface area contributed by atoms with Crippen LogP contribution in [0.25, 0.3) is 0 Å². The molecule has 82 heavy (non-hydrogen) atoms. The predicted molar refractivity (Wildman–Crippen MR) is 311 cm³/mol. The Bertz CT molecular complexity index is 4360. The van der Waals surface area contributed by atoms with Crippen LogP contribution in [0.3, 0.4) is 0 Å². The van der Waals surface area contributed by atoms with Gasteiger partial charge >= 0.3 is 6.03 Å². The minimum Gasteiger partial charge on any atom is -0.490 e. The maximum Gasteiger partial charge on any atom is 0.319 e. The topological polar surface area (TPSA) is 80.7 Å². The molecule has 0 radical (unpaired) electrons. The molecular formula is C74H45N5O3. The van der Waals surface area contributed by atoms with Gasteiger partial charge in [0, 0.05) is 176 Å². The van der Waals surface area contributed by atoms with Gasteiger partial charge in [0.2, 0.25) is 0 Å². The molecule has 1 aromatic heterocycles. The van der Waals surface area contributed by atoms with Crippen molar-refractivity contribution in [2.24, 2.45) is 7.05 Å². The number of nitrogens with one attached hydrogen (secondary N) is 2. The van der Waals surface area contributed by atoms with E-state index in [1.165, 1.54) is 12.0 Å². The third-order valence-electron chi connectivity index (χ3n) is 9.25.